The Kier molecular flexibility index (Phi) is 9.57. The van der Waals surface area contributed by atoms with Gasteiger partial charge in [0.05, 0.1) is 47.8 Å². The molecule has 2 fully saturated rings. The Labute approximate surface area is 354 Å². The molecule has 5 aromatic rings. The zero-order valence-electron chi connectivity index (χ0n) is 34.6. The molecule has 2 saturated heterocycles. The lowest BCUT2D eigenvalue weighted by atomic mass is 9.70. The summed E-state index contributed by atoms with van der Waals surface area (Å²) in [5.74, 6) is -1.04. The molecule has 6 atom stereocenters. The SMILES string of the molecule is CC[C@]12C=C(C(=O)OC)c3c(C[C@@H]4Nc5ccc(Cl)cc5C[C@H]4c4c5n(c6ccccc46)[C@H]4N(O)CCC[C@@]4(CC)C=C5C(=O)OC)c4ccccc4n3[C@H]1N(O)CCC2. The number of carbonyl (C=O) groups excluding carboxylic acids is 2. The summed E-state index contributed by atoms with van der Waals surface area (Å²) >= 11 is 6.70. The van der Waals surface area contributed by atoms with Gasteiger partial charge in [-0.2, -0.15) is 10.1 Å². The molecular weight excluding hydrogens is 778 g/mol. The maximum Gasteiger partial charge on any atom is 0.339 e. The van der Waals surface area contributed by atoms with Crippen molar-refractivity contribution in [1.29, 1.82) is 0 Å². The van der Waals surface area contributed by atoms with E-state index in [-0.39, 0.29) is 12.0 Å². The van der Waals surface area contributed by atoms with Crippen molar-refractivity contribution in [1.82, 2.24) is 19.3 Å². The van der Waals surface area contributed by atoms with Crippen molar-refractivity contribution in [3.8, 4) is 0 Å². The van der Waals surface area contributed by atoms with Crippen LogP contribution in [0.15, 0.2) is 78.9 Å². The highest BCUT2D eigenvalue weighted by molar-refractivity contribution is 6.30. The minimum Gasteiger partial charge on any atom is -0.465 e. The van der Waals surface area contributed by atoms with Crippen molar-refractivity contribution < 1.29 is 29.5 Å². The van der Waals surface area contributed by atoms with E-state index < -0.39 is 35.1 Å². The van der Waals surface area contributed by atoms with E-state index in [1.54, 1.807) is 0 Å². The number of aromatic nitrogens is 2. The molecule has 312 valence electrons. The third kappa shape index (κ3) is 5.62. The van der Waals surface area contributed by atoms with E-state index in [9.17, 15) is 20.0 Å². The smallest absolute Gasteiger partial charge is 0.339 e. The molecule has 0 spiro atoms. The summed E-state index contributed by atoms with van der Waals surface area (Å²) in [6.45, 7) is 5.30. The van der Waals surface area contributed by atoms with E-state index in [4.69, 9.17) is 21.1 Å². The first kappa shape index (κ1) is 39.2. The number of nitrogens with one attached hydrogen (secondary N) is 1. The van der Waals surface area contributed by atoms with Crippen LogP contribution in [0.4, 0.5) is 5.69 Å². The van der Waals surface area contributed by atoms with Crippen LogP contribution >= 0.6 is 11.6 Å². The molecule has 0 unspecified atom stereocenters. The molecule has 10 rings (SSSR count). The number of nitrogens with zero attached hydrogens (tertiary/aromatic N) is 4. The Hall–Kier alpha value is -4.91. The number of carbonyl (C=O) groups is 2. The maximum atomic E-state index is 14.2. The molecule has 5 aliphatic heterocycles. The molecule has 2 aromatic heterocycles. The van der Waals surface area contributed by atoms with Crippen molar-refractivity contribution in [2.24, 2.45) is 10.8 Å². The number of benzene rings is 3. The van der Waals surface area contributed by atoms with Crippen LogP contribution in [0, 0.1) is 10.8 Å². The van der Waals surface area contributed by atoms with Gasteiger partial charge >= 0.3 is 11.9 Å². The average Bonchev–Trinajstić information content (AvgIpc) is 3.78. The largest absolute Gasteiger partial charge is 0.465 e. The van der Waals surface area contributed by atoms with Gasteiger partial charge in [-0.3, -0.25) is 0 Å². The molecule has 3 aromatic carbocycles. The fraction of sp³-hybridized carbons (Fsp3) is 0.417. The Morgan fingerprint density at radius 3 is 1.93 bits per heavy atom. The van der Waals surface area contributed by atoms with Crippen molar-refractivity contribution in [2.45, 2.75) is 89.5 Å². The lowest BCUT2D eigenvalue weighted by Gasteiger charge is -2.50. The first-order chi connectivity index (χ1) is 29.1. The van der Waals surface area contributed by atoms with Crippen LogP contribution < -0.4 is 5.32 Å². The second-order valence-corrected chi connectivity index (χ2v) is 17.9. The van der Waals surface area contributed by atoms with Crippen LogP contribution in [-0.4, -0.2) is 75.0 Å². The lowest BCUT2D eigenvalue weighted by Crippen LogP contribution is -2.49. The Balaban J connectivity index is 1.23. The number of fused-ring (bicyclic) bond motifs is 11. The highest BCUT2D eigenvalue weighted by Crippen LogP contribution is 2.57. The molecule has 11 nitrogen and oxygen atoms in total. The van der Waals surface area contributed by atoms with Crippen LogP contribution in [0.25, 0.3) is 33.0 Å². The molecule has 12 heteroatoms. The van der Waals surface area contributed by atoms with Gasteiger partial charge in [-0.05, 0) is 98.4 Å². The standard InChI is InChI=1S/C48H52ClN5O6/c1-5-47-19-11-21-51(57)45(47)53-38-15-9-7-13-30(38)32(41(53)34(26-47)43(55)59-3)25-37-33(24-28-23-29(49)17-18-36(28)50-37)40-31-14-8-10-16-39(31)54-42(40)35(44(56)60-4)27-48(6-2)20-12-22-52(58)46(48)54/h7-10,13-18,23,26-27,33,37,45-46,50,57-58H,5-6,11-12,19-22,24-25H2,1-4H3/t33-,37+,45-,46-,47+,48+/m1/s1. The predicted octanol–water partition coefficient (Wildman–Crippen LogP) is 9.51. The molecule has 0 aliphatic carbocycles. The second kappa shape index (κ2) is 14.6. The fourth-order valence-electron chi connectivity index (χ4n) is 12.0. The van der Waals surface area contributed by atoms with Gasteiger partial charge in [-0.15, -0.1) is 0 Å². The molecule has 0 amide bonds. The summed E-state index contributed by atoms with van der Waals surface area (Å²) in [6, 6.07) is 22.2. The molecule has 7 heterocycles. The quantitative estimate of drug-likeness (QED) is 0.138. The number of hydrogen-bond acceptors (Lipinski definition) is 9. The maximum absolute atomic E-state index is 14.2. The van der Waals surface area contributed by atoms with Crippen LogP contribution in [0.2, 0.25) is 5.02 Å². The summed E-state index contributed by atoms with van der Waals surface area (Å²) in [7, 11) is 2.87. The predicted molar refractivity (Wildman–Crippen MR) is 232 cm³/mol. The van der Waals surface area contributed by atoms with Gasteiger partial charge in [0.2, 0.25) is 0 Å². The fourth-order valence-corrected chi connectivity index (χ4v) is 12.2. The molecule has 0 radical (unpaired) electrons. The van der Waals surface area contributed by atoms with Crippen molar-refractivity contribution >= 4 is 62.2 Å². The Bertz CT molecular complexity index is 2650. The summed E-state index contributed by atoms with van der Waals surface area (Å²) in [5, 5.41) is 33.1. The first-order valence-electron chi connectivity index (χ1n) is 21.4. The molecule has 3 N–H and O–H groups in total. The van der Waals surface area contributed by atoms with Crippen LogP contribution in [0.5, 0.6) is 0 Å². The summed E-state index contributed by atoms with van der Waals surface area (Å²) < 4.78 is 15.5. The number of methoxy groups -OCH3 is 2. The van der Waals surface area contributed by atoms with Crippen LogP contribution in [0.3, 0.4) is 0 Å². The van der Waals surface area contributed by atoms with E-state index in [1.165, 1.54) is 24.3 Å². The molecule has 5 aliphatic rings. The van der Waals surface area contributed by atoms with Gasteiger partial charge in [-0.1, -0.05) is 74.0 Å². The third-order valence-corrected chi connectivity index (χ3v) is 15.0. The average molecular weight is 830 g/mol. The third-order valence-electron chi connectivity index (χ3n) is 14.7. The van der Waals surface area contributed by atoms with Gasteiger partial charge in [-0.25, -0.2) is 9.59 Å². The molecule has 60 heavy (non-hydrogen) atoms. The van der Waals surface area contributed by atoms with E-state index in [0.717, 1.165) is 94.1 Å². The van der Waals surface area contributed by atoms with Gasteiger partial charge < -0.3 is 34.3 Å². The van der Waals surface area contributed by atoms with E-state index in [1.807, 2.05) is 42.5 Å². The number of rotatable bonds is 7. The molecule has 0 saturated carbocycles. The Morgan fingerprint density at radius 1 is 0.783 bits per heavy atom. The highest BCUT2D eigenvalue weighted by atomic mass is 35.5. The first-order valence-corrected chi connectivity index (χ1v) is 21.8. The number of ether oxygens (including phenoxy) is 2. The number of piperidine rings is 2. The van der Waals surface area contributed by atoms with Crippen LogP contribution in [-0.2, 0) is 31.9 Å². The van der Waals surface area contributed by atoms with Crippen LogP contribution in [0.1, 0.15) is 98.7 Å². The minimum absolute atomic E-state index is 0.225. The zero-order valence-corrected chi connectivity index (χ0v) is 35.3. The molecular formula is C48H52ClN5O6. The monoisotopic (exact) mass is 829 g/mol. The number of hydroxylamine groups is 4. The van der Waals surface area contributed by atoms with E-state index in [0.29, 0.717) is 42.1 Å². The summed E-state index contributed by atoms with van der Waals surface area (Å²) in [6.07, 6.45) is 9.14. The zero-order chi connectivity index (χ0) is 41.7. The van der Waals surface area contributed by atoms with Crippen molar-refractivity contribution in [3.63, 3.8) is 0 Å². The number of halogens is 1. The molecule has 0 bridgehead atoms. The van der Waals surface area contributed by atoms with Gasteiger partial charge in [0.15, 0.2) is 0 Å². The number of esters is 2. The Morgan fingerprint density at radius 2 is 1.33 bits per heavy atom. The summed E-state index contributed by atoms with van der Waals surface area (Å²) in [5.41, 5.74) is 7.43. The van der Waals surface area contributed by atoms with Gasteiger partial charge in [0.1, 0.15) is 12.3 Å². The normalized spacial score (nSPS) is 27.4. The number of para-hydroxylation sites is 2. The lowest BCUT2D eigenvalue weighted by molar-refractivity contribution is -0.203. The number of hydrogen-bond donors (Lipinski definition) is 3. The van der Waals surface area contributed by atoms with Gasteiger partial charge in [0, 0.05) is 57.4 Å². The highest BCUT2D eigenvalue weighted by Gasteiger charge is 2.52. The van der Waals surface area contributed by atoms with E-state index in [2.05, 4.69) is 64.7 Å². The number of anilines is 1. The second-order valence-electron chi connectivity index (χ2n) is 17.5. The minimum atomic E-state index is -0.499. The summed E-state index contributed by atoms with van der Waals surface area (Å²) in [4.78, 5) is 28.2. The van der Waals surface area contributed by atoms with Crippen molar-refractivity contribution in [2.75, 3.05) is 32.6 Å². The van der Waals surface area contributed by atoms with Gasteiger partial charge in [0.25, 0.3) is 0 Å². The topological polar surface area (TPSA) is 121 Å². The van der Waals surface area contributed by atoms with E-state index >= 15 is 0 Å². The van der Waals surface area contributed by atoms with Crippen molar-refractivity contribution in [3.05, 3.63) is 112 Å².